The number of hydrogen-bond donors (Lipinski definition) is 1. The Morgan fingerprint density at radius 3 is 2.60 bits per heavy atom. The van der Waals surface area contributed by atoms with Gasteiger partial charge in [0.25, 0.3) is 0 Å². The van der Waals surface area contributed by atoms with Crippen LogP contribution in [0.3, 0.4) is 0 Å². The molecule has 0 atom stereocenters. The molecule has 0 aliphatic carbocycles. The summed E-state index contributed by atoms with van der Waals surface area (Å²) in [6.07, 6.45) is 1.46. The van der Waals surface area contributed by atoms with Crippen molar-refractivity contribution in [2.75, 3.05) is 6.61 Å². The molecule has 1 aliphatic heterocycles. The van der Waals surface area contributed by atoms with Crippen LogP contribution in [-0.2, 0) is 33.7 Å². The first-order chi connectivity index (χ1) is 11.4. The predicted octanol–water partition coefficient (Wildman–Crippen LogP) is 1.52. The van der Waals surface area contributed by atoms with E-state index in [0.29, 0.717) is 0 Å². The van der Waals surface area contributed by atoms with Crippen molar-refractivity contribution in [2.24, 2.45) is 7.05 Å². The van der Waals surface area contributed by atoms with Crippen LogP contribution < -0.4 is 10.2 Å². The molecule has 2 rings (SSSR count). The van der Waals surface area contributed by atoms with E-state index in [2.05, 4.69) is 16.5 Å². The van der Waals surface area contributed by atoms with E-state index in [1.165, 1.54) is 13.1 Å². The zero-order chi connectivity index (χ0) is 19.0. The average molecular weight is 379 g/mol. The number of nitrogens with one attached hydrogen (secondary N) is 1. The Labute approximate surface area is 142 Å². The van der Waals surface area contributed by atoms with Crippen molar-refractivity contribution in [3.05, 3.63) is 22.4 Å². The fraction of sp³-hybridized carbons (Fsp3) is 0.500. The monoisotopic (exact) mass is 379 g/mol. The number of rotatable bonds is 5. The third-order valence-electron chi connectivity index (χ3n) is 3.21. The number of nitrogens with zero attached hydrogens (tertiary/aromatic N) is 2. The minimum absolute atomic E-state index is 0.322. The van der Waals surface area contributed by atoms with Crippen LogP contribution in [0.2, 0.25) is 0 Å². The minimum Gasteiger partial charge on any atom is -0.464 e. The molecule has 0 bridgehead atoms. The van der Waals surface area contributed by atoms with E-state index in [1.54, 1.807) is 13.8 Å². The van der Waals surface area contributed by atoms with Gasteiger partial charge >= 0.3 is 6.18 Å². The highest BCUT2D eigenvalue weighted by Gasteiger charge is 2.42. The molecule has 0 fully saturated rings. The highest BCUT2D eigenvalue weighted by atomic mass is 32.2. The number of terminal acetylenes is 1. The molecule has 25 heavy (non-hydrogen) atoms. The standard InChI is InChI=1S/C14H16F3N3O4S/c1-5-6-23-12-9(11(14(15,16)17)18-20(12)4)8-25(21,22)10-7-13(2,3)24-19-10/h1,7,19H,6,8H2,2-4H3. The van der Waals surface area contributed by atoms with E-state index in [-0.39, 0.29) is 17.5 Å². The average Bonchev–Trinajstić information content (AvgIpc) is 2.97. The third kappa shape index (κ3) is 4.08. The normalized spacial score (nSPS) is 16.9. The van der Waals surface area contributed by atoms with E-state index in [0.717, 1.165) is 4.68 Å². The van der Waals surface area contributed by atoms with Gasteiger partial charge in [-0.2, -0.15) is 18.3 Å². The smallest absolute Gasteiger partial charge is 0.435 e. The number of sulfone groups is 1. The minimum atomic E-state index is -4.85. The zero-order valence-corrected chi connectivity index (χ0v) is 14.5. The quantitative estimate of drug-likeness (QED) is 0.782. The topological polar surface area (TPSA) is 82.5 Å². The van der Waals surface area contributed by atoms with Crippen LogP contribution in [0.4, 0.5) is 13.2 Å². The predicted molar refractivity (Wildman–Crippen MR) is 81.5 cm³/mol. The fourth-order valence-electron chi connectivity index (χ4n) is 2.18. The van der Waals surface area contributed by atoms with Crippen LogP contribution in [0.1, 0.15) is 25.1 Å². The highest BCUT2D eigenvalue weighted by molar-refractivity contribution is 7.94. The fourth-order valence-corrected chi connectivity index (χ4v) is 3.61. The van der Waals surface area contributed by atoms with Gasteiger partial charge in [0.05, 0.1) is 11.3 Å². The molecule has 11 heteroatoms. The molecule has 1 aliphatic rings. The van der Waals surface area contributed by atoms with Gasteiger partial charge in [0.15, 0.2) is 27.2 Å². The Hall–Kier alpha value is -2.19. The first kappa shape index (κ1) is 19.1. The third-order valence-corrected chi connectivity index (χ3v) is 4.75. The molecule has 0 aromatic carbocycles. The van der Waals surface area contributed by atoms with Crippen LogP contribution in [-0.4, -0.2) is 30.4 Å². The molecule has 2 heterocycles. The SMILES string of the molecule is C#CCOc1c(CS(=O)(=O)C2=CC(C)(C)ON2)c(C(F)(F)F)nn1C. The van der Waals surface area contributed by atoms with E-state index in [1.807, 2.05) is 0 Å². The highest BCUT2D eigenvalue weighted by Crippen LogP contribution is 2.37. The number of halogens is 3. The van der Waals surface area contributed by atoms with Crippen LogP contribution >= 0.6 is 0 Å². The van der Waals surface area contributed by atoms with Gasteiger partial charge < -0.3 is 4.74 Å². The molecule has 1 N–H and O–H groups in total. The second kappa shape index (κ2) is 6.27. The summed E-state index contributed by atoms with van der Waals surface area (Å²) in [6, 6.07) is 0. The summed E-state index contributed by atoms with van der Waals surface area (Å²) >= 11 is 0. The molecule has 0 amide bonds. The molecule has 0 saturated heterocycles. The summed E-state index contributed by atoms with van der Waals surface area (Å²) in [6.45, 7) is 2.85. The number of ether oxygens (including phenoxy) is 1. The zero-order valence-electron chi connectivity index (χ0n) is 13.6. The summed E-state index contributed by atoms with van der Waals surface area (Å²) < 4.78 is 70.5. The second-order valence-electron chi connectivity index (χ2n) is 5.82. The van der Waals surface area contributed by atoms with Crippen LogP contribution in [0.25, 0.3) is 0 Å². The Bertz CT molecular complexity index is 848. The van der Waals surface area contributed by atoms with Crippen LogP contribution in [0.5, 0.6) is 5.88 Å². The van der Waals surface area contributed by atoms with E-state index in [4.69, 9.17) is 16.0 Å². The Morgan fingerprint density at radius 1 is 1.48 bits per heavy atom. The number of hydrogen-bond acceptors (Lipinski definition) is 6. The molecule has 0 spiro atoms. The molecule has 0 saturated carbocycles. The first-order valence-corrected chi connectivity index (χ1v) is 8.61. The van der Waals surface area contributed by atoms with Gasteiger partial charge in [-0.1, -0.05) is 5.92 Å². The molecule has 0 unspecified atom stereocenters. The Morgan fingerprint density at radius 2 is 2.12 bits per heavy atom. The van der Waals surface area contributed by atoms with Crippen LogP contribution in [0.15, 0.2) is 11.1 Å². The first-order valence-electron chi connectivity index (χ1n) is 6.96. The van der Waals surface area contributed by atoms with Gasteiger partial charge in [0.2, 0.25) is 5.88 Å². The largest absolute Gasteiger partial charge is 0.464 e. The van der Waals surface area contributed by atoms with Crippen molar-refractivity contribution < 1.29 is 31.2 Å². The molecular formula is C14H16F3N3O4S. The van der Waals surface area contributed by atoms with Gasteiger partial charge in [-0.3, -0.25) is 10.3 Å². The second-order valence-corrected chi connectivity index (χ2v) is 7.78. The van der Waals surface area contributed by atoms with Gasteiger partial charge in [-0.05, 0) is 19.9 Å². The molecule has 7 nitrogen and oxygen atoms in total. The van der Waals surface area contributed by atoms with Gasteiger partial charge in [-0.15, -0.1) is 6.42 Å². The molecular weight excluding hydrogens is 363 g/mol. The number of aromatic nitrogens is 2. The number of alkyl halides is 3. The van der Waals surface area contributed by atoms with Crippen molar-refractivity contribution >= 4 is 9.84 Å². The lowest BCUT2D eigenvalue weighted by atomic mass is 10.1. The molecule has 1 aromatic heterocycles. The number of hydroxylamine groups is 1. The van der Waals surface area contributed by atoms with Crippen LogP contribution in [0, 0.1) is 12.3 Å². The van der Waals surface area contributed by atoms with Crippen molar-refractivity contribution in [3.63, 3.8) is 0 Å². The summed E-state index contributed by atoms with van der Waals surface area (Å²) in [5.74, 6) is 0.777. The van der Waals surface area contributed by atoms with E-state index < -0.39 is 38.6 Å². The summed E-state index contributed by atoms with van der Waals surface area (Å²) in [7, 11) is -2.96. The molecule has 0 radical (unpaired) electrons. The molecule has 138 valence electrons. The van der Waals surface area contributed by atoms with E-state index in [9.17, 15) is 21.6 Å². The van der Waals surface area contributed by atoms with Crippen molar-refractivity contribution in [2.45, 2.75) is 31.4 Å². The maximum absolute atomic E-state index is 13.2. The number of aryl methyl sites for hydroxylation is 1. The maximum atomic E-state index is 13.2. The summed E-state index contributed by atoms with van der Waals surface area (Å²) in [5, 5.41) is 3.01. The lowest BCUT2D eigenvalue weighted by Crippen LogP contribution is -2.23. The van der Waals surface area contributed by atoms with E-state index >= 15 is 0 Å². The summed E-state index contributed by atoms with van der Waals surface area (Å²) in [4.78, 5) is 5.05. The van der Waals surface area contributed by atoms with Crippen molar-refractivity contribution in [1.29, 1.82) is 0 Å². The van der Waals surface area contributed by atoms with Crippen molar-refractivity contribution in [3.8, 4) is 18.2 Å². The summed E-state index contributed by atoms with van der Waals surface area (Å²) in [5.41, 5.74) is -0.640. The lowest BCUT2D eigenvalue weighted by molar-refractivity contribution is -0.141. The van der Waals surface area contributed by atoms with Gasteiger partial charge in [-0.25, -0.2) is 13.1 Å². The Balaban J connectivity index is 2.49. The lowest BCUT2D eigenvalue weighted by Gasteiger charge is -2.11. The molecule has 1 aromatic rings. The van der Waals surface area contributed by atoms with Gasteiger partial charge in [0.1, 0.15) is 5.60 Å². The van der Waals surface area contributed by atoms with Crippen molar-refractivity contribution in [1.82, 2.24) is 15.3 Å². The van der Waals surface area contributed by atoms with Gasteiger partial charge in [0, 0.05) is 7.05 Å². The maximum Gasteiger partial charge on any atom is 0.435 e. The Kier molecular flexibility index (Phi) is 4.80.